The van der Waals surface area contributed by atoms with Crippen molar-refractivity contribution in [3.05, 3.63) is 33.8 Å². The first-order chi connectivity index (χ1) is 6.68. The Morgan fingerprint density at radius 2 is 2.21 bits per heavy atom. The molecule has 76 valence electrons. The molecule has 1 nitrogen and oxygen atoms in total. The molecule has 1 fully saturated rings. The van der Waals surface area contributed by atoms with E-state index in [1.165, 1.54) is 18.4 Å². The Labute approximate surface area is 93.3 Å². The van der Waals surface area contributed by atoms with Gasteiger partial charge in [0.25, 0.3) is 0 Å². The maximum atomic E-state index is 10.1. The van der Waals surface area contributed by atoms with Crippen LogP contribution >= 0.6 is 15.9 Å². The molecule has 2 heteroatoms. The third-order valence-corrected chi connectivity index (χ3v) is 3.55. The first kappa shape index (κ1) is 10.2. The molecule has 0 amide bonds. The lowest BCUT2D eigenvalue weighted by Gasteiger charge is -2.15. The van der Waals surface area contributed by atoms with Gasteiger partial charge in [-0.3, -0.25) is 0 Å². The number of hydrogen-bond donors (Lipinski definition) is 1. The third-order valence-electron chi connectivity index (χ3n) is 2.86. The van der Waals surface area contributed by atoms with E-state index >= 15 is 0 Å². The SMILES string of the molecule is Cc1cccc(Br)c1C(O)CC1CC1. The second-order valence-corrected chi connectivity index (χ2v) is 5.02. The quantitative estimate of drug-likeness (QED) is 0.875. The fraction of sp³-hybridized carbons (Fsp3) is 0.500. The zero-order valence-corrected chi connectivity index (χ0v) is 9.92. The summed E-state index contributed by atoms with van der Waals surface area (Å²) in [5.41, 5.74) is 2.24. The van der Waals surface area contributed by atoms with Crippen LogP contribution in [0.2, 0.25) is 0 Å². The molecule has 1 aromatic carbocycles. The lowest BCUT2D eigenvalue weighted by molar-refractivity contribution is 0.159. The summed E-state index contributed by atoms with van der Waals surface area (Å²) in [4.78, 5) is 0. The van der Waals surface area contributed by atoms with Crippen LogP contribution in [0.1, 0.15) is 36.5 Å². The van der Waals surface area contributed by atoms with Crippen molar-refractivity contribution >= 4 is 15.9 Å². The Bertz CT molecular complexity index is 311. The predicted octanol–water partition coefficient (Wildman–Crippen LogP) is 3.59. The van der Waals surface area contributed by atoms with E-state index in [0.29, 0.717) is 0 Å². The lowest BCUT2D eigenvalue weighted by Crippen LogP contribution is -2.02. The van der Waals surface area contributed by atoms with Crippen molar-refractivity contribution in [1.82, 2.24) is 0 Å². The largest absolute Gasteiger partial charge is 0.388 e. The highest BCUT2D eigenvalue weighted by Crippen LogP contribution is 2.39. The molecule has 0 bridgehead atoms. The van der Waals surface area contributed by atoms with Crippen LogP contribution in [0.4, 0.5) is 0 Å². The monoisotopic (exact) mass is 254 g/mol. The van der Waals surface area contributed by atoms with Gasteiger partial charge in [-0.05, 0) is 36.5 Å². The van der Waals surface area contributed by atoms with E-state index in [2.05, 4.69) is 28.9 Å². The maximum absolute atomic E-state index is 10.1. The van der Waals surface area contributed by atoms with Crippen molar-refractivity contribution in [3.63, 3.8) is 0 Å². The van der Waals surface area contributed by atoms with Gasteiger partial charge in [0.2, 0.25) is 0 Å². The lowest BCUT2D eigenvalue weighted by atomic mass is 9.99. The molecule has 14 heavy (non-hydrogen) atoms. The summed E-state index contributed by atoms with van der Waals surface area (Å²) in [7, 11) is 0. The molecule has 1 aliphatic carbocycles. The standard InChI is InChI=1S/C12H15BrO/c1-8-3-2-4-10(13)12(8)11(14)7-9-5-6-9/h2-4,9,11,14H,5-7H2,1H3. The fourth-order valence-electron chi connectivity index (χ4n) is 1.85. The van der Waals surface area contributed by atoms with Crippen LogP contribution in [0.25, 0.3) is 0 Å². The van der Waals surface area contributed by atoms with E-state index in [1.807, 2.05) is 12.1 Å². The Morgan fingerprint density at radius 1 is 1.50 bits per heavy atom. The average molecular weight is 255 g/mol. The average Bonchev–Trinajstić information content (AvgIpc) is 2.87. The summed E-state index contributed by atoms with van der Waals surface area (Å²) in [6, 6.07) is 6.06. The van der Waals surface area contributed by atoms with Gasteiger partial charge in [-0.1, -0.05) is 40.9 Å². The second-order valence-electron chi connectivity index (χ2n) is 4.17. The normalized spacial score (nSPS) is 18.2. The Hall–Kier alpha value is -0.340. The van der Waals surface area contributed by atoms with Gasteiger partial charge in [-0.15, -0.1) is 0 Å². The van der Waals surface area contributed by atoms with Crippen LogP contribution in [-0.2, 0) is 0 Å². The highest BCUT2D eigenvalue weighted by atomic mass is 79.9. The summed E-state index contributed by atoms with van der Waals surface area (Å²) in [5.74, 6) is 0.761. The number of rotatable bonds is 3. The van der Waals surface area contributed by atoms with Crippen molar-refractivity contribution in [2.24, 2.45) is 5.92 Å². The number of aryl methyl sites for hydroxylation is 1. The van der Waals surface area contributed by atoms with E-state index in [9.17, 15) is 5.11 Å². The van der Waals surface area contributed by atoms with Gasteiger partial charge in [0.05, 0.1) is 6.10 Å². The van der Waals surface area contributed by atoms with Gasteiger partial charge in [0.15, 0.2) is 0 Å². The minimum atomic E-state index is -0.293. The van der Waals surface area contributed by atoms with E-state index in [0.717, 1.165) is 22.4 Å². The highest BCUT2D eigenvalue weighted by Gasteiger charge is 2.26. The molecule has 1 saturated carbocycles. The molecule has 0 saturated heterocycles. The summed E-state index contributed by atoms with van der Waals surface area (Å²) >= 11 is 3.50. The molecule has 1 aromatic rings. The highest BCUT2D eigenvalue weighted by molar-refractivity contribution is 9.10. The summed E-state index contributed by atoms with van der Waals surface area (Å²) < 4.78 is 1.03. The van der Waals surface area contributed by atoms with Gasteiger partial charge in [0.1, 0.15) is 0 Å². The third kappa shape index (κ3) is 2.18. The van der Waals surface area contributed by atoms with Crippen LogP contribution < -0.4 is 0 Å². The summed E-state index contributed by atoms with van der Waals surface area (Å²) in [6.07, 6.45) is 3.21. The van der Waals surface area contributed by atoms with Gasteiger partial charge >= 0.3 is 0 Å². The molecule has 1 atom stereocenters. The molecular formula is C12H15BrO. The number of halogens is 1. The smallest absolute Gasteiger partial charge is 0.0806 e. The predicted molar refractivity (Wildman–Crippen MR) is 61.2 cm³/mol. The van der Waals surface area contributed by atoms with Gasteiger partial charge in [-0.25, -0.2) is 0 Å². The Kier molecular flexibility index (Phi) is 2.93. The molecule has 0 heterocycles. The summed E-state index contributed by atoms with van der Waals surface area (Å²) in [6.45, 7) is 2.05. The molecule has 0 spiro atoms. The maximum Gasteiger partial charge on any atom is 0.0806 e. The molecule has 0 radical (unpaired) electrons. The van der Waals surface area contributed by atoms with Crippen LogP contribution in [-0.4, -0.2) is 5.11 Å². The molecular weight excluding hydrogens is 240 g/mol. The van der Waals surface area contributed by atoms with Crippen molar-refractivity contribution in [1.29, 1.82) is 0 Å². The minimum absolute atomic E-state index is 0.293. The van der Waals surface area contributed by atoms with Crippen molar-refractivity contribution in [3.8, 4) is 0 Å². The molecule has 2 rings (SSSR count). The van der Waals surface area contributed by atoms with Crippen molar-refractivity contribution in [2.75, 3.05) is 0 Å². The molecule has 0 aromatic heterocycles. The zero-order valence-electron chi connectivity index (χ0n) is 8.33. The summed E-state index contributed by atoms with van der Waals surface area (Å²) in [5, 5.41) is 10.1. The molecule has 1 N–H and O–H groups in total. The minimum Gasteiger partial charge on any atom is -0.388 e. The van der Waals surface area contributed by atoms with Gasteiger partial charge in [0, 0.05) is 4.47 Å². The zero-order chi connectivity index (χ0) is 10.1. The topological polar surface area (TPSA) is 20.2 Å². The van der Waals surface area contributed by atoms with E-state index in [-0.39, 0.29) is 6.10 Å². The van der Waals surface area contributed by atoms with E-state index in [1.54, 1.807) is 0 Å². The van der Waals surface area contributed by atoms with E-state index in [4.69, 9.17) is 0 Å². The van der Waals surface area contributed by atoms with E-state index < -0.39 is 0 Å². The van der Waals surface area contributed by atoms with Crippen LogP contribution in [0, 0.1) is 12.8 Å². The van der Waals surface area contributed by atoms with Crippen molar-refractivity contribution < 1.29 is 5.11 Å². The number of hydrogen-bond acceptors (Lipinski definition) is 1. The molecule has 1 aliphatic rings. The first-order valence-electron chi connectivity index (χ1n) is 5.11. The van der Waals surface area contributed by atoms with Crippen LogP contribution in [0.5, 0.6) is 0 Å². The number of aliphatic hydroxyl groups is 1. The Morgan fingerprint density at radius 3 is 2.79 bits per heavy atom. The molecule has 1 unspecified atom stereocenters. The first-order valence-corrected chi connectivity index (χ1v) is 5.91. The Balaban J connectivity index is 2.19. The van der Waals surface area contributed by atoms with Crippen molar-refractivity contribution in [2.45, 2.75) is 32.3 Å². The van der Waals surface area contributed by atoms with Crippen LogP contribution in [0.15, 0.2) is 22.7 Å². The molecule has 0 aliphatic heterocycles. The number of benzene rings is 1. The van der Waals surface area contributed by atoms with Gasteiger partial charge < -0.3 is 5.11 Å². The fourth-order valence-corrected chi connectivity index (χ4v) is 2.58. The van der Waals surface area contributed by atoms with Gasteiger partial charge in [-0.2, -0.15) is 0 Å². The number of aliphatic hydroxyl groups excluding tert-OH is 1. The van der Waals surface area contributed by atoms with Crippen LogP contribution in [0.3, 0.4) is 0 Å². The second kappa shape index (κ2) is 4.03.